The molecule has 3 rings (SSSR count). The van der Waals surface area contributed by atoms with Gasteiger partial charge in [-0.3, -0.25) is 9.69 Å². The molecule has 1 atom stereocenters. The maximum atomic E-state index is 11.8. The Kier molecular flexibility index (Phi) is 1.61. The van der Waals surface area contributed by atoms with Gasteiger partial charge >= 0.3 is 0 Å². The van der Waals surface area contributed by atoms with Crippen LogP contribution < -0.4 is 10.2 Å². The van der Waals surface area contributed by atoms with Crippen molar-refractivity contribution in [3.05, 3.63) is 23.2 Å². The van der Waals surface area contributed by atoms with E-state index in [4.69, 9.17) is 11.6 Å². The maximum Gasteiger partial charge on any atom is 0.229 e. The molecule has 1 aromatic rings. The minimum absolute atomic E-state index is 0.172. The van der Waals surface area contributed by atoms with Gasteiger partial charge in [-0.15, -0.1) is 0 Å². The number of nitrogens with one attached hydrogen (secondary N) is 1. The zero-order chi connectivity index (χ0) is 10.6. The Morgan fingerprint density at radius 1 is 1.53 bits per heavy atom. The number of hydrogen-bond acceptors (Lipinski definition) is 2. The molecule has 0 bridgehead atoms. The molecule has 1 aromatic carbocycles. The second-order valence-electron chi connectivity index (χ2n) is 4.29. The average Bonchev–Trinajstić information content (AvgIpc) is 2.61. The van der Waals surface area contributed by atoms with Crippen LogP contribution in [-0.2, 0) is 4.79 Å². The van der Waals surface area contributed by atoms with Crippen LogP contribution in [0.1, 0.15) is 19.8 Å². The maximum absolute atomic E-state index is 11.8. The van der Waals surface area contributed by atoms with E-state index in [1.54, 1.807) is 0 Å². The number of nitrogens with zero attached hydrogens (tertiary/aromatic N) is 1. The quantitative estimate of drug-likeness (QED) is 0.732. The van der Waals surface area contributed by atoms with Gasteiger partial charge in [0.15, 0.2) is 0 Å². The minimum Gasteiger partial charge on any atom is -0.361 e. The van der Waals surface area contributed by atoms with Crippen LogP contribution in [0.3, 0.4) is 0 Å². The first-order valence-electron chi connectivity index (χ1n) is 5.01. The van der Waals surface area contributed by atoms with E-state index in [-0.39, 0.29) is 11.6 Å². The molecule has 2 aliphatic heterocycles. The highest BCUT2D eigenvalue weighted by Crippen LogP contribution is 2.46. The Bertz CT molecular complexity index is 460. The van der Waals surface area contributed by atoms with Crippen LogP contribution >= 0.6 is 11.6 Å². The molecule has 1 saturated heterocycles. The summed E-state index contributed by atoms with van der Waals surface area (Å²) in [5.41, 5.74) is 1.66. The second kappa shape index (κ2) is 2.67. The third kappa shape index (κ3) is 1.10. The summed E-state index contributed by atoms with van der Waals surface area (Å²) in [6, 6.07) is 5.61. The summed E-state index contributed by atoms with van der Waals surface area (Å²) in [4.78, 5) is 13.6. The first-order chi connectivity index (χ1) is 7.10. The molecule has 1 fully saturated rings. The fraction of sp³-hybridized carbons (Fsp3) is 0.364. The lowest BCUT2D eigenvalue weighted by Gasteiger charge is -2.27. The normalized spacial score (nSPS) is 27.6. The van der Waals surface area contributed by atoms with E-state index in [1.807, 2.05) is 30.0 Å². The van der Waals surface area contributed by atoms with E-state index < -0.39 is 0 Å². The van der Waals surface area contributed by atoms with Gasteiger partial charge in [-0.05, 0) is 31.5 Å². The summed E-state index contributed by atoms with van der Waals surface area (Å²) in [5.74, 6) is 0.172. The van der Waals surface area contributed by atoms with Gasteiger partial charge in [-0.2, -0.15) is 0 Å². The van der Waals surface area contributed by atoms with Crippen molar-refractivity contribution in [2.45, 2.75) is 25.4 Å². The molecule has 1 N–H and O–H groups in total. The van der Waals surface area contributed by atoms with Gasteiger partial charge in [0.2, 0.25) is 5.91 Å². The van der Waals surface area contributed by atoms with Crippen molar-refractivity contribution in [2.24, 2.45) is 0 Å². The SMILES string of the molecule is CC12CCC(=O)N1c1cc(Cl)ccc1N2. The van der Waals surface area contributed by atoms with Crippen LogP contribution in [0.4, 0.5) is 11.4 Å². The highest BCUT2D eigenvalue weighted by atomic mass is 35.5. The van der Waals surface area contributed by atoms with Crippen molar-refractivity contribution in [2.75, 3.05) is 10.2 Å². The lowest BCUT2D eigenvalue weighted by Crippen LogP contribution is -2.44. The summed E-state index contributed by atoms with van der Waals surface area (Å²) in [7, 11) is 0. The Labute approximate surface area is 93.0 Å². The van der Waals surface area contributed by atoms with Gasteiger partial charge in [-0.1, -0.05) is 11.6 Å². The largest absolute Gasteiger partial charge is 0.361 e. The summed E-state index contributed by atoms with van der Waals surface area (Å²) in [6.07, 6.45) is 1.45. The van der Waals surface area contributed by atoms with Gasteiger partial charge in [0.1, 0.15) is 5.66 Å². The van der Waals surface area contributed by atoms with Gasteiger partial charge in [0.05, 0.1) is 11.4 Å². The van der Waals surface area contributed by atoms with E-state index in [2.05, 4.69) is 5.32 Å². The van der Waals surface area contributed by atoms with Crippen molar-refractivity contribution >= 4 is 28.9 Å². The molecule has 1 amide bonds. The number of hydrogen-bond donors (Lipinski definition) is 1. The van der Waals surface area contributed by atoms with Gasteiger partial charge in [0, 0.05) is 11.4 Å². The molecular weight excluding hydrogens is 212 g/mol. The number of anilines is 2. The molecule has 0 aliphatic carbocycles. The van der Waals surface area contributed by atoms with E-state index in [9.17, 15) is 4.79 Å². The Balaban J connectivity index is 2.18. The Hall–Kier alpha value is -1.22. The van der Waals surface area contributed by atoms with Crippen LogP contribution in [0.2, 0.25) is 5.02 Å². The topological polar surface area (TPSA) is 32.3 Å². The van der Waals surface area contributed by atoms with Crippen molar-refractivity contribution in [1.29, 1.82) is 0 Å². The predicted molar refractivity (Wildman–Crippen MR) is 60.2 cm³/mol. The molecule has 3 nitrogen and oxygen atoms in total. The molecule has 2 aliphatic rings. The Morgan fingerprint density at radius 3 is 3.13 bits per heavy atom. The summed E-state index contributed by atoms with van der Waals surface area (Å²) < 4.78 is 0. The van der Waals surface area contributed by atoms with Crippen molar-refractivity contribution in [3.63, 3.8) is 0 Å². The lowest BCUT2D eigenvalue weighted by atomic mass is 10.1. The molecule has 4 heteroatoms. The highest BCUT2D eigenvalue weighted by molar-refractivity contribution is 6.31. The molecule has 15 heavy (non-hydrogen) atoms. The number of carbonyl (C=O) groups excluding carboxylic acids is 1. The lowest BCUT2D eigenvalue weighted by molar-refractivity contribution is -0.117. The Morgan fingerprint density at radius 2 is 2.33 bits per heavy atom. The summed E-state index contributed by atoms with van der Waals surface area (Å²) in [6.45, 7) is 2.05. The van der Waals surface area contributed by atoms with Crippen molar-refractivity contribution in [1.82, 2.24) is 0 Å². The third-order valence-electron chi connectivity index (χ3n) is 3.17. The molecule has 0 radical (unpaired) electrons. The smallest absolute Gasteiger partial charge is 0.229 e. The molecule has 0 saturated carbocycles. The summed E-state index contributed by atoms with van der Waals surface area (Å²) >= 11 is 5.94. The van der Waals surface area contributed by atoms with Crippen LogP contribution in [0.25, 0.3) is 0 Å². The standard InChI is InChI=1S/C11H11ClN2O/c1-11-5-4-10(15)14(11)9-6-7(12)2-3-8(9)13-11/h2-3,6,13H,4-5H2,1H3. The third-order valence-corrected chi connectivity index (χ3v) is 3.41. The number of amides is 1. The predicted octanol–water partition coefficient (Wildman–Crippen LogP) is 2.61. The minimum atomic E-state index is -0.246. The molecule has 0 spiro atoms. The van der Waals surface area contributed by atoms with E-state index in [0.717, 1.165) is 17.8 Å². The molecule has 2 heterocycles. The van der Waals surface area contributed by atoms with Crippen LogP contribution in [-0.4, -0.2) is 11.6 Å². The van der Waals surface area contributed by atoms with E-state index in [0.29, 0.717) is 11.4 Å². The number of benzene rings is 1. The monoisotopic (exact) mass is 222 g/mol. The fourth-order valence-corrected chi connectivity index (χ4v) is 2.62. The van der Waals surface area contributed by atoms with E-state index in [1.165, 1.54) is 0 Å². The zero-order valence-corrected chi connectivity index (χ0v) is 9.14. The first-order valence-corrected chi connectivity index (χ1v) is 5.39. The van der Waals surface area contributed by atoms with Gasteiger partial charge in [-0.25, -0.2) is 0 Å². The average molecular weight is 223 g/mol. The second-order valence-corrected chi connectivity index (χ2v) is 4.73. The number of halogens is 1. The zero-order valence-electron chi connectivity index (χ0n) is 8.38. The van der Waals surface area contributed by atoms with Crippen LogP contribution in [0.15, 0.2) is 18.2 Å². The van der Waals surface area contributed by atoms with Crippen molar-refractivity contribution < 1.29 is 4.79 Å². The fourth-order valence-electron chi connectivity index (χ4n) is 2.45. The first kappa shape index (κ1) is 9.04. The molecule has 78 valence electrons. The van der Waals surface area contributed by atoms with Crippen LogP contribution in [0.5, 0.6) is 0 Å². The molecular formula is C11H11ClN2O. The van der Waals surface area contributed by atoms with Crippen LogP contribution in [0, 0.1) is 0 Å². The summed E-state index contributed by atoms with van der Waals surface area (Å²) in [5, 5.41) is 4.04. The van der Waals surface area contributed by atoms with Gasteiger partial charge < -0.3 is 5.32 Å². The van der Waals surface area contributed by atoms with Crippen molar-refractivity contribution in [3.8, 4) is 0 Å². The molecule has 0 aromatic heterocycles. The van der Waals surface area contributed by atoms with Gasteiger partial charge in [0.25, 0.3) is 0 Å². The number of rotatable bonds is 0. The number of fused-ring (bicyclic) bond motifs is 3. The number of carbonyl (C=O) groups is 1. The van der Waals surface area contributed by atoms with E-state index >= 15 is 0 Å². The molecule has 1 unspecified atom stereocenters. The highest BCUT2D eigenvalue weighted by Gasteiger charge is 2.47.